The van der Waals surface area contributed by atoms with Crippen LogP contribution in [0.5, 0.6) is 0 Å². The molecule has 0 atom stereocenters. The summed E-state index contributed by atoms with van der Waals surface area (Å²) in [6.45, 7) is 0. The van der Waals surface area contributed by atoms with Crippen molar-refractivity contribution in [1.82, 2.24) is 5.43 Å². The maximum Gasteiger partial charge on any atom is 0.274 e. The number of thiophene rings is 1. The first-order valence-corrected chi connectivity index (χ1v) is 6.61. The summed E-state index contributed by atoms with van der Waals surface area (Å²) in [5.74, 6) is -1.14. The minimum absolute atomic E-state index is 0.0259. The lowest BCUT2D eigenvalue weighted by Crippen LogP contribution is -2.18. The average molecular weight is 327 g/mol. The molecule has 1 aromatic heterocycles. The van der Waals surface area contributed by atoms with Gasteiger partial charge in [0.2, 0.25) is 0 Å². The van der Waals surface area contributed by atoms with E-state index >= 15 is 0 Å². The van der Waals surface area contributed by atoms with Gasteiger partial charge in [-0.2, -0.15) is 5.10 Å². The number of carbonyl (C=O) groups is 1. The molecule has 0 fully saturated rings. The summed E-state index contributed by atoms with van der Waals surface area (Å²) in [6, 6.07) is 9.49. The molecule has 0 unspecified atom stereocenters. The summed E-state index contributed by atoms with van der Waals surface area (Å²) in [7, 11) is 0. The summed E-state index contributed by atoms with van der Waals surface area (Å²) in [6.07, 6.45) is 1.51. The highest BCUT2D eigenvalue weighted by Gasteiger charge is 2.08. The highest BCUT2D eigenvalue weighted by molar-refractivity contribution is 9.11. The number of rotatable bonds is 3. The van der Waals surface area contributed by atoms with Gasteiger partial charge < -0.3 is 0 Å². The van der Waals surface area contributed by atoms with Gasteiger partial charge in [-0.05, 0) is 40.2 Å². The molecule has 2 aromatic rings. The molecule has 0 saturated heterocycles. The topological polar surface area (TPSA) is 41.5 Å². The highest BCUT2D eigenvalue weighted by atomic mass is 79.9. The van der Waals surface area contributed by atoms with Crippen molar-refractivity contribution in [2.45, 2.75) is 0 Å². The van der Waals surface area contributed by atoms with Crippen LogP contribution in [0.3, 0.4) is 0 Å². The van der Waals surface area contributed by atoms with Crippen molar-refractivity contribution >= 4 is 39.4 Å². The fourth-order valence-electron chi connectivity index (χ4n) is 1.26. The van der Waals surface area contributed by atoms with Crippen LogP contribution in [0.4, 0.5) is 4.39 Å². The Bertz CT molecular complexity index is 597. The zero-order valence-corrected chi connectivity index (χ0v) is 11.5. The van der Waals surface area contributed by atoms with Gasteiger partial charge in [0.1, 0.15) is 5.82 Å². The summed E-state index contributed by atoms with van der Waals surface area (Å²) < 4.78 is 14.3. The zero-order valence-electron chi connectivity index (χ0n) is 9.06. The van der Waals surface area contributed by atoms with Gasteiger partial charge in [-0.15, -0.1) is 11.3 Å². The average Bonchev–Trinajstić information content (AvgIpc) is 2.75. The number of halogens is 2. The molecule has 0 radical (unpaired) electrons. The lowest BCUT2D eigenvalue weighted by Gasteiger charge is -2.00. The second kappa shape index (κ2) is 5.88. The highest BCUT2D eigenvalue weighted by Crippen LogP contribution is 2.20. The van der Waals surface area contributed by atoms with Gasteiger partial charge in [0.15, 0.2) is 0 Å². The normalized spacial score (nSPS) is 10.8. The third kappa shape index (κ3) is 3.24. The molecule has 0 saturated carbocycles. The first kappa shape index (κ1) is 12.9. The van der Waals surface area contributed by atoms with Crippen LogP contribution in [0.1, 0.15) is 15.2 Å². The van der Waals surface area contributed by atoms with Crippen LogP contribution in [0, 0.1) is 5.82 Å². The first-order chi connectivity index (χ1) is 8.66. The van der Waals surface area contributed by atoms with Crippen LogP contribution in [0.15, 0.2) is 45.3 Å². The van der Waals surface area contributed by atoms with Gasteiger partial charge >= 0.3 is 0 Å². The molecule has 0 aliphatic heterocycles. The van der Waals surface area contributed by atoms with E-state index in [4.69, 9.17) is 0 Å². The van der Waals surface area contributed by atoms with Gasteiger partial charge in [0.25, 0.3) is 5.91 Å². The summed E-state index contributed by atoms with van der Waals surface area (Å²) in [5, 5.41) is 3.77. The van der Waals surface area contributed by atoms with Crippen LogP contribution in [-0.2, 0) is 0 Å². The number of nitrogens with one attached hydrogen (secondary N) is 1. The van der Waals surface area contributed by atoms with E-state index in [2.05, 4.69) is 26.5 Å². The van der Waals surface area contributed by atoms with Crippen molar-refractivity contribution in [3.8, 4) is 0 Å². The first-order valence-electron chi connectivity index (χ1n) is 5.00. The molecule has 92 valence electrons. The number of benzene rings is 1. The Morgan fingerprint density at radius 2 is 2.11 bits per heavy atom. The second-order valence-electron chi connectivity index (χ2n) is 3.32. The Kier molecular flexibility index (Phi) is 4.22. The standard InChI is InChI=1S/C12H8BrFN2OS/c13-11-6-5-8(18-11)7-15-16-12(17)9-3-1-2-4-10(9)14/h1-7H,(H,16,17)/b15-7-. The van der Waals surface area contributed by atoms with Gasteiger partial charge in [0, 0.05) is 4.88 Å². The zero-order chi connectivity index (χ0) is 13.0. The molecule has 1 heterocycles. The van der Waals surface area contributed by atoms with E-state index in [0.29, 0.717) is 0 Å². The molecule has 0 spiro atoms. The molecular weight excluding hydrogens is 319 g/mol. The second-order valence-corrected chi connectivity index (χ2v) is 5.82. The lowest BCUT2D eigenvalue weighted by atomic mass is 10.2. The molecule has 18 heavy (non-hydrogen) atoms. The van der Waals surface area contributed by atoms with E-state index in [-0.39, 0.29) is 5.56 Å². The van der Waals surface area contributed by atoms with Crippen LogP contribution in [-0.4, -0.2) is 12.1 Å². The van der Waals surface area contributed by atoms with Gasteiger partial charge in [-0.25, -0.2) is 9.82 Å². The summed E-state index contributed by atoms with van der Waals surface area (Å²) in [4.78, 5) is 12.5. The maximum atomic E-state index is 13.3. The van der Waals surface area contributed by atoms with Crippen molar-refractivity contribution in [3.63, 3.8) is 0 Å². The van der Waals surface area contributed by atoms with E-state index in [1.165, 1.54) is 35.8 Å². The maximum absolute atomic E-state index is 13.3. The number of amides is 1. The number of hydrogen-bond acceptors (Lipinski definition) is 3. The third-order valence-corrected chi connectivity index (χ3v) is 3.63. The van der Waals surface area contributed by atoms with E-state index in [0.717, 1.165) is 8.66 Å². The van der Waals surface area contributed by atoms with E-state index in [1.54, 1.807) is 6.07 Å². The molecule has 3 nitrogen and oxygen atoms in total. The molecule has 1 amide bonds. The summed E-state index contributed by atoms with van der Waals surface area (Å²) in [5.41, 5.74) is 2.25. The fraction of sp³-hybridized carbons (Fsp3) is 0. The van der Waals surface area contributed by atoms with Gasteiger partial charge in [-0.3, -0.25) is 4.79 Å². The van der Waals surface area contributed by atoms with Crippen LogP contribution >= 0.6 is 27.3 Å². The van der Waals surface area contributed by atoms with Crippen molar-refractivity contribution in [2.24, 2.45) is 5.10 Å². The molecule has 0 aliphatic carbocycles. The minimum Gasteiger partial charge on any atom is -0.267 e. The predicted octanol–water partition coefficient (Wildman–Crippen LogP) is 3.41. The van der Waals surface area contributed by atoms with Crippen LogP contribution in [0.25, 0.3) is 0 Å². The third-order valence-electron chi connectivity index (χ3n) is 2.07. The van der Waals surface area contributed by atoms with Crippen molar-refractivity contribution in [1.29, 1.82) is 0 Å². The Morgan fingerprint density at radius 3 is 2.78 bits per heavy atom. The number of hydrazone groups is 1. The number of nitrogens with zero attached hydrogens (tertiary/aromatic N) is 1. The monoisotopic (exact) mass is 326 g/mol. The molecule has 2 rings (SSSR count). The molecule has 0 bridgehead atoms. The Labute approximate surface area is 115 Å². The van der Waals surface area contributed by atoms with Crippen molar-refractivity contribution < 1.29 is 9.18 Å². The van der Waals surface area contributed by atoms with E-state index in [1.807, 2.05) is 12.1 Å². The van der Waals surface area contributed by atoms with E-state index in [9.17, 15) is 9.18 Å². The lowest BCUT2D eigenvalue weighted by molar-refractivity contribution is 0.0951. The largest absolute Gasteiger partial charge is 0.274 e. The Balaban J connectivity index is 2.01. The van der Waals surface area contributed by atoms with Crippen LogP contribution < -0.4 is 5.43 Å². The van der Waals surface area contributed by atoms with Crippen molar-refractivity contribution in [3.05, 3.63) is 56.4 Å². The number of carbonyl (C=O) groups excluding carboxylic acids is 1. The molecule has 1 aromatic carbocycles. The Morgan fingerprint density at radius 1 is 1.33 bits per heavy atom. The van der Waals surface area contributed by atoms with Crippen LogP contribution in [0.2, 0.25) is 0 Å². The molecule has 6 heteroatoms. The fourth-order valence-corrected chi connectivity index (χ4v) is 2.55. The quantitative estimate of drug-likeness (QED) is 0.681. The minimum atomic E-state index is -0.569. The number of hydrogen-bond donors (Lipinski definition) is 1. The molecule has 1 N–H and O–H groups in total. The SMILES string of the molecule is O=C(N/N=C\c1ccc(Br)s1)c1ccccc1F. The van der Waals surface area contributed by atoms with Gasteiger partial charge in [0.05, 0.1) is 15.6 Å². The smallest absolute Gasteiger partial charge is 0.267 e. The van der Waals surface area contributed by atoms with E-state index < -0.39 is 11.7 Å². The van der Waals surface area contributed by atoms with Gasteiger partial charge in [-0.1, -0.05) is 12.1 Å². The van der Waals surface area contributed by atoms with Crippen molar-refractivity contribution in [2.75, 3.05) is 0 Å². The molecular formula is C12H8BrFN2OS. The molecule has 0 aliphatic rings. The Hall–Kier alpha value is -1.53. The predicted molar refractivity (Wildman–Crippen MR) is 73.5 cm³/mol. The summed E-state index contributed by atoms with van der Waals surface area (Å²) >= 11 is 4.80.